The van der Waals surface area contributed by atoms with Gasteiger partial charge in [-0.2, -0.15) is 30.8 Å². The van der Waals surface area contributed by atoms with Gasteiger partial charge >= 0.3 is 11.9 Å². The average molecular weight is 1120 g/mol. The van der Waals surface area contributed by atoms with Gasteiger partial charge in [-0.15, -0.1) is 0 Å². The summed E-state index contributed by atoms with van der Waals surface area (Å²) in [4.78, 5) is 50.9. The number of aromatic nitrogens is 6. The van der Waals surface area contributed by atoms with Crippen molar-refractivity contribution >= 4 is 23.8 Å². The fraction of sp³-hybridized carbons (Fsp3) is 0.492. The van der Waals surface area contributed by atoms with Gasteiger partial charge in [-0.25, -0.2) is 0 Å². The number of nitrogens with zero attached hydrogens (tertiary/aromatic N) is 4. The molecule has 3 heterocycles. The molecule has 7 rings (SSSR count). The first-order valence-corrected chi connectivity index (χ1v) is 28.8. The van der Waals surface area contributed by atoms with Crippen LogP contribution in [0.1, 0.15) is 156 Å². The largest absolute Gasteiger partial charge is 0.481 e. The van der Waals surface area contributed by atoms with Crippen LogP contribution in [0, 0.1) is 10.8 Å². The highest BCUT2D eigenvalue weighted by atomic mass is 16.7. The Hall–Kier alpha value is -7.12. The zero-order valence-electron chi connectivity index (χ0n) is 47.8. The SMILES string of the molecule is CCCCCCCO.CCCCCCCOC(=O)[C@](C)(CO)C[C@@H](Cc1ccc(-c2ccccc2)cc1)NC(=O)c1cn[nH]n1.C[C@@](COC1CCCCO1)(C[C@@H](Cc1ccc(-c2ccccc2)cc1)NC(=O)c1cn[nH]n1)C(=O)O. The summed E-state index contributed by atoms with van der Waals surface area (Å²) < 4.78 is 17.0. The Bertz CT molecular complexity index is 2670. The summed E-state index contributed by atoms with van der Waals surface area (Å²) in [6.07, 6.45) is 17.6. The van der Waals surface area contributed by atoms with Crippen LogP contribution in [0.25, 0.3) is 22.3 Å². The second kappa shape index (κ2) is 35.6. The van der Waals surface area contributed by atoms with E-state index in [1.165, 1.54) is 44.5 Å². The van der Waals surface area contributed by atoms with Crippen LogP contribution in [-0.4, -0.2) is 121 Å². The van der Waals surface area contributed by atoms with Crippen molar-refractivity contribution in [3.8, 4) is 22.3 Å². The molecule has 0 spiro atoms. The number of benzene rings is 4. The number of carbonyl (C=O) groups excluding carboxylic acids is 3. The Labute approximate surface area is 477 Å². The minimum absolute atomic E-state index is 0.0176. The van der Waals surface area contributed by atoms with E-state index in [-0.39, 0.29) is 37.4 Å². The van der Waals surface area contributed by atoms with Crippen molar-refractivity contribution in [1.29, 1.82) is 0 Å². The number of amides is 2. The third-order valence-corrected chi connectivity index (χ3v) is 14.3. The van der Waals surface area contributed by atoms with Gasteiger partial charge in [-0.05, 0) is 105 Å². The number of hydrogen-bond donors (Lipinski definition) is 7. The summed E-state index contributed by atoms with van der Waals surface area (Å²) in [5.41, 5.74) is 4.29. The Balaban J connectivity index is 0.000000262. The van der Waals surface area contributed by atoms with Gasteiger partial charge in [0.05, 0.1) is 43.0 Å². The second-order valence-corrected chi connectivity index (χ2v) is 21.4. The summed E-state index contributed by atoms with van der Waals surface area (Å²) in [6.45, 7) is 8.58. The first kappa shape index (κ1) is 64.7. The van der Waals surface area contributed by atoms with Crippen LogP contribution in [0.15, 0.2) is 122 Å². The van der Waals surface area contributed by atoms with E-state index in [1.807, 2.05) is 97.1 Å². The number of carboxylic acids is 1. The average Bonchev–Trinajstić information content (AvgIpc) is 4.26. The molecule has 7 N–H and O–H groups in total. The van der Waals surface area contributed by atoms with E-state index in [1.54, 1.807) is 13.8 Å². The Morgan fingerprint density at radius 1 is 0.630 bits per heavy atom. The van der Waals surface area contributed by atoms with Crippen molar-refractivity contribution in [3.05, 3.63) is 144 Å². The lowest BCUT2D eigenvalue weighted by molar-refractivity contribution is -0.187. The number of ether oxygens (including phenoxy) is 3. The molecular formula is C63H86N8O10. The van der Waals surface area contributed by atoms with Crippen LogP contribution in [0.4, 0.5) is 0 Å². The number of H-pyrrole nitrogens is 2. The second-order valence-electron chi connectivity index (χ2n) is 21.4. The van der Waals surface area contributed by atoms with Crippen molar-refractivity contribution in [2.45, 2.75) is 155 Å². The highest BCUT2D eigenvalue weighted by molar-refractivity contribution is 5.92. The van der Waals surface area contributed by atoms with Gasteiger partial charge in [0.25, 0.3) is 11.8 Å². The van der Waals surface area contributed by atoms with Crippen molar-refractivity contribution < 1.29 is 48.7 Å². The van der Waals surface area contributed by atoms with Gasteiger partial charge in [0.2, 0.25) is 0 Å². The Morgan fingerprint density at radius 2 is 1.10 bits per heavy atom. The van der Waals surface area contributed by atoms with Crippen LogP contribution < -0.4 is 10.6 Å². The van der Waals surface area contributed by atoms with Crippen molar-refractivity contribution in [2.75, 3.05) is 33.0 Å². The molecule has 4 aromatic carbocycles. The van der Waals surface area contributed by atoms with Crippen molar-refractivity contribution in [3.63, 3.8) is 0 Å². The quantitative estimate of drug-likeness (QED) is 0.0158. The number of esters is 1. The van der Waals surface area contributed by atoms with E-state index in [0.717, 1.165) is 84.7 Å². The van der Waals surface area contributed by atoms with Gasteiger partial charge in [0.15, 0.2) is 17.7 Å². The van der Waals surface area contributed by atoms with Crippen molar-refractivity contribution in [2.24, 2.45) is 10.8 Å². The molecule has 1 saturated heterocycles. The molecule has 1 fully saturated rings. The Morgan fingerprint density at radius 3 is 1.52 bits per heavy atom. The standard InChI is InChI=1S/C29H38N4O4.C27H32N4O5.C7H16O/c1-3-4-5-6-10-17-37-28(36)29(2,21-34)19-25(31-27(35)26-20-30-33-32-26)18-22-13-15-24(16-14-22)23-11-8-7-9-12-23;1-27(26(33)34,18-36-24-9-5-6-14-35-24)16-22(29-25(32)23-17-28-31-30-23)15-19-10-12-21(13-11-19)20-7-3-2-4-8-20;1-2-3-4-5-6-7-8/h7-9,11-16,20,25,34H,3-6,10,17-19,21H2,1-2H3,(H,31,35)(H,30,32,33);2-4,7-8,10-13,17,22,24H,5-6,9,14-16,18H2,1H3,(H,29,32)(H,33,34)(H,28,30,31);8H,2-7H2,1H3/t25-,29+;22-,24?,27+;/m11./s1. The molecule has 0 saturated carbocycles. The first-order chi connectivity index (χ1) is 39.3. The summed E-state index contributed by atoms with van der Waals surface area (Å²) >= 11 is 0. The van der Waals surface area contributed by atoms with E-state index in [4.69, 9.17) is 19.3 Å². The molecule has 18 nitrogen and oxygen atoms in total. The molecule has 1 aliphatic heterocycles. The predicted octanol–water partition coefficient (Wildman–Crippen LogP) is 10.5. The maximum atomic E-state index is 13.0. The number of hydrogen-bond acceptors (Lipinski definition) is 13. The molecule has 0 bridgehead atoms. The monoisotopic (exact) mass is 1110 g/mol. The molecule has 1 unspecified atom stereocenters. The maximum absolute atomic E-state index is 13.0. The van der Waals surface area contributed by atoms with E-state index in [9.17, 15) is 29.4 Å². The number of carboxylic acid groups (broad SMARTS) is 1. The predicted molar refractivity (Wildman–Crippen MR) is 312 cm³/mol. The molecule has 1 aliphatic rings. The normalized spacial score (nSPS) is 15.2. The van der Waals surface area contributed by atoms with E-state index < -0.39 is 53.0 Å². The molecule has 81 heavy (non-hydrogen) atoms. The lowest BCUT2D eigenvalue weighted by Gasteiger charge is -2.32. The maximum Gasteiger partial charge on any atom is 0.314 e. The number of aliphatic carboxylic acids is 1. The molecular weight excluding hydrogens is 1030 g/mol. The number of aliphatic hydroxyl groups excluding tert-OH is 2. The minimum Gasteiger partial charge on any atom is -0.481 e. The number of nitrogens with one attached hydrogen (secondary N) is 4. The summed E-state index contributed by atoms with van der Waals surface area (Å²) in [5, 5.41) is 54.5. The molecule has 6 aromatic rings. The minimum atomic E-state index is -1.23. The molecule has 438 valence electrons. The molecule has 2 amide bonds. The third-order valence-electron chi connectivity index (χ3n) is 14.3. The first-order valence-electron chi connectivity index (χ1n) is 28.8. The van der Waals surface area contributed by atoms with Crippen molar-refractivity contribution in [1.82, 2.24) is 41.5 Å². The zero-order chi connectivity index (χ0) is 58.1. The topological polar surface area (TPSA) is 264 Å². The highest BCUT2D eigenvalue weighted by Crippen LogP contribution is 2.30. The molecule has 0 radical (unpaired) electrons. The fourth-order valence-electron chi connectivity index (χ4n) is 9.37. The van der Waals surface area contributed by atoms with E-state index in [0.29, 0.717) is 32.7 Å². The number of carbonyl (C=O) groups is 4. The Kier molecular flexibility index (Phi) is 28.4. The zero-order valence-corrected chi connectivity index (χ0v) is 47.8. The fourth-order valence-corrected chi connectivity index (χ4v) is 9.37. The molecule has 0 aliphatic carbocycles. The van der Waals surface area contributed by atoms with Gasteiger partial charge in [-0.3, -0.25) is 19.2 Å². The number of unbranched alkanes of at least 4 members (excludes halogenated alkanes) is 8. The van der Waals surface area contributed by atoms with Gasteiger partial charge in [0.1, 0.15) is 0 Å². The summed E-state index contributed by atoms with van der Waals surface area (Å²) in [5.74, 6) is -2.26. The molecule has 18 heteroatoms. The van der Waals surface area contributed by atoms with Gasteiger partial charge in [-0.1, -0.05) is 174 Å². The van der Waals surface area contributed by atoms with Crippen LogP contribution in [0.5, 0.6) is 0 Å². The van der Waals surface area contributed by atoms with Gasteiger partial charge in [0, 0.05) is 25.3 Å². The lowest BCUT2D eigenvalue weighted by Crippen LogP contribution is -2.45. The number of aromatic amines is 2. The van der Waals surface area contributed by atoms with Crippen LogP contribution in [0.3, 0.4) is 0 Å². The van der Waals surface area contributed by atoms with Crippen LogP contribution in [-0.2, 0) is 36.6 Å². The number of rotatable bonds is 31. The summed E-state index contributed by atoms with van der Waals surface area (Å²) in [6, 6.07) is 35.4. The van der Waals surface area contributed by atoms with E-state index in [2.05, 4.69) is 67.4 Å². The molecule has 2 aromatic heterocycles. The van der Waals surface area contributed by atoms with E-state index >= 15 is 0 Å². The van der Waals surface area contributed by atoms with Crippen LogP contribution >= 0.6 is 0 Å². The lowest BCUT2D eigenvalue weighted by atomic mass is 9.82. The van der Waals surface area contributed by atoms with Gasteiger partial charge < -0.3 is 40.2 Å². The van der Waals surface area contributed by atoms with Crippen LogP contribution in [0.2, 0.25) is 0 Å². The third kappa shape index (κ3) is 22.7. The highest BCUT2D eigenvalue weighted by Gasteiger charge is 2.39. The smallest absolute Gasteiger partial charge is 0.314 e. The number of aliphatic hydroxyl groups is 2. The summed E-state index contributed by atoms with van der Waals surface area (Å²) in [7, 11) is 0. The molecule has 5 atom stereocenters.